The third kappa shape index (κ3) is 7.23. The molecule has 0 heterocycles. The molecule has 0 spiro atoms. The first-order chi connectivity index (χ1) is 11.2. The number of carbonyl (C=O) groups is 3. The van der Waals surface area contributed by atoms with Crippen molar-refractivity contribution in [1.29, 1.82) is 0 Å². The zero-order chi connectivity index (χ0) is 18.2. The molecule has 0 saturated carbocycles. The number of rotatable bonds is 9. The quantitative estimate of drug-likeness (QED) is 0.422. The van der Waals surface area contributed by atoms with Crippen LogP contribution in [0.25, 0.3) is 0 Å². The molecule has 0 aliphatic heterocycles. The molecule has 0 saturated heterocycles. The smallest absolute Gasteiger partial charge is 0.329 e. The number of aliphatic carboxylic acids is 1. The summed E-state index contributed by atoms with van der Waals surface area (Å²) in [5.74, 6) is -1.78. The Balaban J connectivity index is 2.62. The van der Waals surface area contributed by atoms with Gasteiger partial charge in [-0.15, -0.1) is 0 Å². The maximum atomic E-state index is 11.7. The van der Waals surface area contributed by atoms with E-state index in [9.17, 15) is 19.5 Å². The summed E-state index contributed by atoms with van der Waals surface area (Å²) in [5, 5.41) is 10.0. The molecular weight excluding hydrogens is 314 g/mol. The Bertz CT molecular complexity index is 552. The molecule has 0 aliphatic rings. The normalized spacial score (nSPS) is 12.3. The highest BCUT2D eigenvalue weighted by Crippen LogP contribution is 2.13. The van der Waals surface area contributed by atoms with Crippen molar-refractivity contribution in [2.45, 2.75) is 51.9 Å². The number of hydrogen-bond acceptors (Lipinski definition) is 5. The summed E-state index contributed by atoms with van der Waals surface area (Å²) in [5.41, 5.74) is 0.143. The van der Waals surface area contributed by atoms with Gasteiger partial charge in [0.1, 0.15) is 12.2 Å². The van der Waals surface area contributed by atoms with Crippen molar-refractivity contribution in [3.63, 3.8) is 0 Å². The SMILES string of the molecule is CC(C)(C)OC(=O)CC[C@@H](C(=O)O)N(C=O)OCc1ccccc1. The first kappa shape index (κ1) is 19.6. The predicted molar refractivity (Wildman–Crippen MR) is 85.6 cm³/mol. The highest BCUT2D eigenvalue weighted by atomic mass is 16.7. The molecule has 0 aliphatic carbocycles. The third-order valence-electron chi connectivity index (χ3n) is 2.96. The molecule has 1 amide bonds. The van der Waals surface area contributed by atoms with E-state index in [1.807, 2.05) is 6.07 Å². The molecule has 1 aromatic carbocycles. The predicted octanol–water partition coefficient (Wildman–Crippen LogP) is 2.15. The molecule has 0 unspecified atom stereocenters. The summed E-state index contributed by atoms with van der Waals surface area (Å²) in [6.07, 6.45) is 0.0713. The van der Waals surface area contributed by atoms with Crippen LogP contribution in [0, 0.1) is 0 Å². The van der Waals surface area contributed by atoms with Crippen molar-refractivity contribution < 1.29 is 29.1 Å². The van der Waals surface area contributed by atoms with Crippen LogP contribution in [-0.2, 0) is 30.6 Å². The van der Waals surface area contributed by atoms with E-state index in [-0.39, 0.29) is 19.4 Å². The molecule has 24 heavy (non-hydrogen) atoms. The Kier molecular flexibility index (Phi) is 7.38. The van der Waals surface area contributed by atoms with Crippen LogP contribution >= 0.6 is 0 Å². The lowest BCUT2D eigenvalue weighted by Crippen LogP contribution is -2.41. The van der Waals surface area contributed by atoms with Crippen molar-refractivity contribution >= 4 is 18.3 Å². The minimum atomic E-state index is -1.27. The molecule has 0 fully saturated rings. The second-order valence-electron chi connectivity index (χ2n) is 6.20. The highest BCUT2D eigenvalue weighted by molar-refractivity contribution is 5.77. The van der Waals surface area contributed by atoms with Crippen LogP contribution in [0.5, 0.6) is 0 Å². The Labute approximate surface area is 141 Å². The molecular formula is C17H23NO6. The van der Waals surface area contributed by atoms with E-state index < -0.39 is 23.6 Å². The third-order valence-corrected chi connectivity index (χ3v) is 2.96. The fraction of sp³-hybridized carbons (Fsp3) is 0.471. The van der Waals surface area contributed by atoms with Gasteiger partial charge < -0.3 is 9.84 Å². The lowest BCUT2D eigenvalue weighted by molar-refractivity contribution is -0.202. The number of hydroxylamine groups is 2. The largest absolute Gasteiger partial charge is 0.480 e. The van der Waals surface area contributed by atoms with Gasteiger partial charge in [-0.1, -0.05) is 30.3 Å². The minimum Gasteiger partial charge on any atom is -0.480 e. The molecule has 1 aromatic rings. The van der Waals surface area contributed by atoms with Gasteiger partial charge in [0.05, 0.1) is 0 Å². The Hall–Kier alpha value is -2.41. The van der Waals surface area contributed by atoms with Crippen molar-refractivity contribution in [2.75, 3.05) is 0 Å². The average molecular weight is 337 g/mol. The standard InChI is InChI=1S/C17H23NO6/c1-17(2,3)24-15(20)10-9-14(16(21)22)18(12-19)23-11-13-7-5-4-6-8-13/h4-8,12,14H,9-11H2,1-3H3,(H,21,22)/t14-/m0/s1. The van der Waals surface area contributed by atoms with E-state index in [1.54, 1.807) is 45.0 Å². The number of amides is 1. The van der Waals surface area contributed by atoms with Gasteiger partial charge in [0.25, 0.3) is 0 Å². The molecule has 7 nitrogen and oxygen atoms in total. The summed E-state index contributed by atoms with van der Waals surface area (Å²) in [7, 11) is 0. The Morgan fingerprint density at radius 1 is 1.25 bits per heavy atom. The summed E-state index contributed by atoms with van der Waals surface area (Å²) in [6, 6.07) is 7.77. The van der Waals surface area contributed by atoms with Gasteiger partial charge in [0.2, 0.25) is 6.41 Å². The van der Waals surface area contributed by atoms with Crippen molar-refractivity contribution in [3.05, 3.63) is 35.9 Å². The summed E-state index contributed by atoms with van der Waals surface area (Å²) in [6.45, 7) is 5.22. The van der Waals surface area contributed by atoms with Crippen molar-refractivity contribution in [2.24, 2.45) is 0 Å². The number of nitrogens with zero attached hydrogens (tertiary/aromatic N) is 1. The molecule has 7 heteroatoms. The van der Waals surface area contributed by atoms with Gasteiger partial charge in [-0.3, -0.25) is 14.4 Å². The molecule has 132 valence electrons. The Morgan fingerprint density at radius 2 is 1.88 bits per heavy atom. The van der Waals surface area contributed by atoms with E-state index >= 15 is 0 Å². The van der Waals surface area contributed by atoms with Gasteiger partial charge in [-0.25, -0.2) is 9.86 Å². The number of ether oxygens (including phenoxy) is 1. The number of esters is 1. The lowest BCUT2D eigenvalue weighted by Gasteiger charge is -2.24. The van der Waals surface area contributed by atoms with Crippen molar-refractivity contribution in [1.82, 2.24) is 5.06 Å². The van der Waals surface area contributed by atoms with E-state index in [4.69, 9.17) is 9.57 Å². The number of hydrogen-bond donors (Lipinski definition) is 1. The topological polar surface area (TPSA) is 93.1 Å². The van der Waals surface area contributed by atoms with Crippen molar-refractivity contribution in [3.8, 4) is 0 Å². The number of carboxylic acid groups (broad SMARTS) is 1. The number of carboxylic acids is 1. The second-order valence-corrected chi connectivity index (χ2v) is 6.20. The molecule has 0 bridgehead atoms. The Morgan fingerprint density at radius 3 is 2.38 bits per heavy atom. The van der Waals surface area contributed by atoms with E-state index in [2.05, 4.69) is 0 Å². The molecule has 1 rings (SSSR count). The van der Waals surface area contributed by atoms with Crippen LogP contribution in [0.2, 0.25) is 0 Å². The molecule has 1 atom stereocenters. The first-order valence-corrected chi connectivity index (χ1v) is 7.58. The van der Waals surface area contributed by atoms with E-state index in [0.29, 0.717) is 6.41 Å². The monoisotopic (exact) mass is 337 g/mol. The van der Waals surface area contributed by atoms with E-state index in [0.717, 1.165) is 10.6 Å². The summed E-state index contributed by atoms with van der Waals surface area (Å²) in [4.78, 5) is 39.5. The van der Waals surface area contributed by atoms with Gasteiger partial charge in [0, 0.05) is 6.42 Å². The van der Waals surface area contributed by atoms with Gasteiger partial charge in [-0.05, 0) is 32.8 Å². The lowest BCUT2D eigenvalue weighted by atomic mass is 10.1. The summed E-state index contributed by atoms with van der Waals surface area (Å²) >= 11 is 0. The molecule has 0 radical (unpaired) electrons. The maximum Gasteiger partial charge on any atom is 0.329 e. The highest BCUT2D eigenvalue weighted by Gasteiger charge is 2.27. The first-order valence-electron chi connectivity index (χ1n) is 7.58. The summed E-state index contributed by atoms with van der Waals surface area (Å²) < 4.78 is 5.13. The zero-order valence-corrected chi connectivity index (χ0v) is 14.1. The maximum absolute atomic E-state index is 11.7. The van der Waals surface area contributed by atoms with Gasteiger partial charge in [0.15, 0.2) is 6.04 Å². The van der Waals surface area contributed by atoms with Crippen LogP contribution in [0.15, 0.2) is 30.3 Å². The number of benzene rings is 1. The van der Waals surface area contributed by atoms with Crippen LogP contribution in [0.4, 0.5) is 0 Å². The van der Waals surface area contributed by atoms with Crippen LogP contribution < -0.4 is 0 Å². The van der Waals surface area contributed by atoms with Crippen LogP contribution in [-0.4, -0.2) is 40.2 Å². The van der Waals surface area contributed by atoms with Gasteiger partial charge in [-0.2, -0.15) is 0 Å². The average Bonchev–Trinajstić information content (AvgIpc) is 2.49. The van der Waals surface area contributed by atoms with Gasteiger partial charge >= 0.3 is 11.9 Å². The second kappa shape index (κ2) is 9.02. The minimum absolute atomic E-state index is 0.0514. The fourth-order valence-electron chi connectivity index (χ4n) is 1.92. The van der Waals surface area contributed by atoms with Crippen LogP contribution in [0.3, 0.4) is 0 Å². The van der Waals surface area contributed by atoms with E-state index in [1.165, 1.54) is 0 Å². The van der Waals surface area contributed by atoms with Crippen LogP contribution in [0.1, 0.15) is 39.2 Å². The fourth-order valence-corrected chi connectivity index (χ4v) is 1.92. The molecule has 0 aromatic heterocycles. The zero-order valence-electron chi connectivity index (χ0n) is 14.1. The number of carbonyl (C=O) groups excluding carboxylic acids is 2. The molecule has 1 N–H and O–H groups in total.